The predicted molar refractivity (Wildman–Crippen MR) is 71.5 cm³/mol. The minimum Gasteiger partial charge on any atom is -0.289 e. The van der Waals surface area contributed by atoms with E-state index in [0.29, 0.717) is 17.5 Å². The lowest BCUT2D eigenvalue weighted by atomic mass is 9.98. The van der Waals surface area contributed by atoms with Crippen molar-refractivity contribution in [2.45, 2.75) is 0 Å². The highest BCUT2D eigenvalue weighted by Crippen LogP contribution is 2.22. The molecule has 104 valence electrons. The molecule has 3 rings (SSSR count). The SMILES string of the molecule is O=C(c1cc(F)c(F)c(F)c1)c1cccc2ccncc12. The molecule has 1 aromatic heterocycles. The largest absolute Gasteiger partial charge is 0.289 e. The number of halogens is 3. The first-order valence-corrected chi connectivity index (χ1v) is 6.10. The second-order valence-corrected chi connectivity index (χ2v) is 4.49. The molecule has 0 unspecified atom stereocenters. The first kappa shape index (κ1) is 13.3. The van der Waals surface area contributed by atoms with Gasteiger partial charge in [0.05, 0.1) is 0 Å². The van der Waals surface area contributed by atoms with Gasteiger partial charge in [-0.25, -0.2) is 13.2 Å². The molecule has 21 heavy (non-hydrogen) atoms. The molecule has 0 aliphatic carbocycles. The maximum atomic E-state index is 13.3. The summed E-state index contributed by atoms with van der Waals surface area (Å²) in [5, 5.41) is 1.34. The van der Waals surface area contributed by atoms with Crippen LogP contribution >= 0.6 is 0 Å². The number of fused-ring (bicyclic) bond motifs is 1. The summed E-state index contributed by atoms with van der Waals surface area (Å²) in [6.07, 6.45) is 3.08. The van der Waals surface area contributed by atoms with Crippen LogP contribution < -0.4 is 0 Å². The van der Waals surface area contributed by atoms with E-state index in [4.69, 9.17) is 0 Å². The highest BCUT2D eigenvalue weighted by Gasteiger charge is 2.18. The maximum Gasteiger partial charge on any atom is 0.194 e. The zero-order valence-corrected chi connectivity index (χ0v) is 10.6. The number of carbonyl (C=O) groups is 1. The Kier molecular flexibility index (Phi) is 3.17. The van der Waals surface area contributed by atoms with Crippen molar-refractivity contribution in [3.05, 3.63) is 77.4 Å². The molecule has 1 heterocycles. The molecule has 0 amide bonds. The molecule has 0 N–H and O–H groups in total. The van der Waals surface area contributed by atoms with Gasteiger partial charge < -0.3 is 0 Å². The van der Waals surface area contributed by atoms with Crippen LogP contribution in [0.5, 0.6) is 0 Å². The maximum absolute atomic E-state index is 13.3. The minimum absolute atomic E-state index is 0.247. The molecule has 2 aromatic carbocycles. The van der Waals surface area contributed by atoms with E-state index in [1.807, 2.05) is 0 Å². The fraction of sp³-hybridized carbons (Fsp3) is 0. The molecule has 0 bridgehead atoms. The van der Waals surface area contributed by atoms with E-state index in [-0.39, 0.29) is 11.1 Å². The molecule has 0 radical (unpaired) electrons. The molecule has 0 atom stereocenters. The first-order valence-electron chi connectivity index (χ1n) is 6.10. The highest BCUT2D eigenvalue weighted by molar-refractivity contribution is 6.16. The smallest absolute Gasteiger partial charge is 0.194 e. The lowest BCUT2D eigenvalue weighted by Crippen LogP contribution is -2.05. The number of pyridine rings is 1. The summed E-state index contributed by atoms with van der Waals surface area (Å²) < 4.78 is 39.5. The number of nitrogens with zero attached hydrogens (tertiary/aromatic N) is 1. The standard InChI is InChI=1S/C16H8F3NO/c17-13-6-10(7-14(18)15(13)19)16(21)11-3-1-2-9-4-5-20-8-12(9)11/h1-8H. The molecule has 0 fully saturated rings. The van der Waals surface area contributed by atoms with Crippen LogP contribution in [0.25, 0.3) is 10.8 Å². The second kappa shape index (κ2) is 5.01. The Hall–Kier alpha value is -2.69. The van der Waals surface area contributed by atoms with Gasteiger partial charge in [0.25, 0.3) is 0 Å². The molecule has 0 aliphatic rings. The Bertz CT molecular complexity index is 833. The van der Waals surface area contributed by atoms with Gasteiger partial charge in [0, 0.05) is 28.9 Å². The topological polar surface area (TPSA) is 30.0 Å². The number of carbonyl (C=O) groups excluding carboxylic acids is 1. The van der Waals surface area contributed by atoms with E-state index in [1.165, 1.54) is 12.3 Å². The number of benzene rings is 2. The third-order valence-electron chi connectivity index (χ3n) is 3.17. The van der Waals surface area contributed by atoms with Crippen LogP contribution in [-0.4, -0.2) is 10.8 Å². The normalized spacial score (nSPS) is 10.8. The minimum atomic E-state index is -1.59. The Morgan fingerprint density at radius 1 is 1.00 bits per heavy atom. The van der Waals surface area contributed by atoms with Crippen molar-refractivity contribution in [3.8, 4) is 0 Å². The van der Waals surface area contributed by atoms with Crippen molar-refractivity contribution in [1.29, 1.82) is 0 Å². The average molecular weight is 287 g/mol. The number of aromatic nitrogens is 1. The molecule has 3 aromatic rings. The van der Waals surface area contributed by atoms with Gasteiger partial charge in [-0.2, -0.15) is 0 Å². The van der Waals surface area contributed by atoms with Crippen LogP contribution in [0.2, 0.25) is 0 Å². The van der Waals surface area contributed by atoms with Crippen LogP contribution in [0.15, 0.2) is 48.8 Å². The van der Waals surface area contributed by atoms with Crippen molar-refractivity contribution in [2.75, 3.05) is 0 Å². The van der Waals surface area contributed by atoms with Gasteiger partial charge in [0.2, 0.25) is 0 Å². The summed E-state index contributed by atoms with van der Waals surface area (Å²) in [7, 11) is 0. The van der Waals surface area contributed by atoms with E-state index in [2.05, 4.69) is 4.98 Å². The van der Waals surface area contributed by atoms with Gasteiger partial charge in [0.15, 0.2) is 23.2 Å². The molecule has 0 aliphatic heterocycles. The third-order valence-corrected chi connectivity index (χ3v) is 3.17. The average Bonchev–Trinajstić information content (AvgIpc) is 2.51. The monoisotopic (exact) mass is 287 g/mol. The molecule has 0 saturated carbocycles. The fourth-order valence-electron chi connectivity index (χ4n) is 2.15. The van der Waals surface area contributed by atoms with Gasteiger partial charge in [-0.3, -0.25) is 9.78 Å². The van der Waals surface area contributed by atoms with Crippen molar-refractivity contribution in [1.82, 2.24) is 4.98 Å². The lowest BCUT2D eigenvalue weighted by Gasteiger charge is -2.06. The number of rotatable bonds is 2. The second-order valence-electron chi connectivity index (χ2n) is 4.49. The van der Waals surface area contributed by atoms with Crippen LogP contribution in [-0.2, 0) is 0 Å². The summed E-state index contributed by atoms with van der Waals surface area (Å²) in [5.41, 5.74) is 0.00811. The third kappa shape index (κ3) is 2.27. The summed E-state index contributed by atoms with van der Waals surface area (Å²) in [5.74, 6) is -4.97. The highest BCUT2D eigenvalue weighted by atomic mass is 19.2. The van der Waals surface area contributed by atoms with Gasteiger partial charge in [-0.1, -0.05) is 18.2 Å². The van der Waals surface area contributed by atoms with E-state index < -0.39 is 23.2 Å². The Morgan fingerprint density at radius 2 is 1.71 bits per heavy atom. The van der Waals surface area contributed by atoms with Gasteiger partial charge >= 0.3 is 0 Å². The Morgan fingerprint density at radius 3 is 2.43 bits per heavy atom. The van der Waals surface area contributed by atoms with E-state index in [0.717, 1.165) is 5.39 Å². The Labute approximate surface area is 117 Å². The van der Waals surface area contributed by atoms with Gasteiger partial charge in [-0.15, -0.1) is 0 Å². The van der Waals surface area contributed by atoms with Crippen LogP contribution in [0.3, 0.4) is 0 Å². The number of ketones is 1. The Balaban J connectivity index is 2.17. The van der Waals surface area contributed by atoms with E-state index >= 15 is 0 Å². The van der Waals surface area contributed by atoms with Gasteiger partial charge in [-0.05, 0) is 23.6 Å². The van der Waals surface area contributed by atoms with Crippen LogP contribution in [0.4, 0.5) is 13.2 Å². The first-order chi connectivity index (χ1) is 10.1. The van der Waals surface area contributed by atoms with Gasteiger partial charge in [0.1, 0.15) is 0 Å². The lowest BCUT2D eigenvalue weighted by molar-refractivity contribution is 0.103. The summed E-state index contributed by atoms with van der Waals surface area (Å²) in [4.78, 5) is 16.3. The zero-order chi connectivity index (χ0) is 15.0. The summed E-state index contributed by atoms with van der Waals surface area (Å²) in [6.45, 7) is 0. The van der Waals surface area contributed by atoms with Crippen molar-refractivity contribution in [2.24, 2.45) is 0 Å². The van der Waals surface area contributed by atoms with Crippen molar-refractivity contribution >= 4 is 16.6 Å². The predicted octanol–water partition coefficient (Wildman–Crippen LogP) is 3.88. The number of hydrogen-bond acceptors (Lipinski definition) is 2. The molecule has 2 nitrogen and oxygen atoms in total. The van der Waals surface area contributed by atoms with Crippen LogP contribution in [0, 0.1) is 17.5 Å². The molecule has 0 saturated heterocycles. The molecule has 0 spiro atoms. The van der Waals surface area contributed by atoms with E-state index in [1.54, 1.807) is 24.4 Å². The van der Waals surface area contributed by atoms with Crippen LogP contribution in [0.1, 0.15) is 15.9 Å². The van der Waals surface area contributed by atoms with E-state index in [9.17, 15) is 18.0 Å². The van der Waals surface area contributed by atoms with Crippen molar-refractivity contribution < 1.29 is 18.0 Å². The molecular formula is C16H8F3NO. The summed E-state index contributed by atoms with van der Waals surface area (Å²) in [6, 6.07) is 8.08. The zero-order valence-electron chi connectivity index (χ0n) is 10.6. The quantitative estimate of drug-likeness (QED) is 0.529. The number of hydrogen-bond donors (Lipinski definition) is 0. The molecular weight excluding hydrogens is 279 g/mol. The summed E-state index contributed by atoms with van der Waals surface area (Å²) >= 11 is 0. The fourth-order valence-corrected chi connectivity index (χ4v) is 2.15. The van der Waals surface area contributed by atoms with Crippen molar-refractivity contribution in [3.63, 3.8) is 0 Å². The molecule has 5 heteroatoms.